The van der Waals surface area contributed by atoms with Crippen LogP contribution in [0, 0.1) is 0 Å². The van der Waals surface area contributed by atoms with Crippen molar-refractivity contribution in [2.45, 2.75) is 256 Å². The van der Waals surface area contributed by atoms with Crippen LogP contribution in [-0.2, 0) is 71.7 Å². The van der Waals surface area contributed by atoms with Crippen molar-refractivity contribution in [3.63, 3.8) is 0 Å². The zero-order valence-electron chi connectivity index (χ0n) is 53.8. The molecule has 0 fully saturated rings. The first kappa shape index (κ1) is 83.5. The van der Waals surface area contributed by atoms with E-state index < -0.39 is 147 Å². The lowest BCUT2D eigenvalue weighted by Gasteiger charge is -2.24. The number of ether oxygens (including phenoxy) is 3. The Morgan fingerprint density at radius 1 is 0.333 bits per heavy atom. The SMILES string of the molecule is CCCCCCCCCCCCCCNC(=O)CCC(NC(=O)C(CC(=O)O)NC(=O)CCNC(=O)CCC(NC(=O)C(CC(=O)O)NC(=O)C(CCC(=O)NCCCCCCCCCCCCCC)NC(=O)COCCOCCOCCN)C(=O)O)C(=O)O. The number of aliphatic carboxylic acids is 4. The maximum absolute atomic E-state index is 13.7. The molecule has 8 amide bonds. The standard InChI is InChI=1S/C62H111N9O19/c1-3-5-7-9-11-13-15-17-19-21-23-25-35-64-51(72)30-27-46(67-55(76)45-90-42-41-89-40-39-88-38-34-63)58(81)71-50(44-57(79)80)60(83)70-48(62(86)87)29-32-53(74)66-37-33-54(75)68-49(43-56(77)78)59(82)69-47(61(84)85)28-31-52(73)65-36-26-24-22-20-18-16-14-12-10-8-6-4-2/h46-50H,3-45,63H2,1-2H3,(H,64,72)(H,65,73)(H,66,74)(H,67,76)(H,68,75)(H,69,82)(H,70,83)(H,71,81)(H,77,78)(H,79,80)(H,84,85)(H,86,87). The summed E-state index contributed by atoms with van der Waals surface area (Å²) in [5.74, 6) is -13.2. The lowest BCUT2D eigenvalue weighted by molar-refractivity contribution is -0.144. The number of carbonyl (C=O) groups excluding carboxylic acids is 8. The number of hydrogen-bond acceptors (Lipinski definition) is 16. The first-order valence-corrected chi connectivity index (χ1v) is 32.9. The predicted molar refractivity (Wildman–Crippen MR) is 334 cm³/mol. The number of unbranched alkanes of at least 4 members (excludes halogenated alkanes) is 22. The van der Waals surface area contributed by atoms with Crippen LogP contribution in [0.5, 0.6) is 0 Å². The molecule has 0 aromatic carbocycles. The molecular formula is C62H111N9O19. The number of nitrogens with one attached hydrogen (secondary N) is 8. The highest BCUT2D eigenvalue weighted by Crippen LogP contribution is 2.14. The third-order valence-electron chi connectivity index (χ3n) is 14.5. The Kier molecular flexibility index (Phi) is 52.4. The number of carboxylic acid groups (broad SMARTS) is 4. The number of nitrogens with two attached hydrogens (primary N) is 1. The van der Waals surface area contributed by atoms with E-state index in [4.69, 9.17) is 19.9 Å². The molecular weight excluding hydrogens is 1170 g/mol. The molecule has 28 nitrogen and oxygen atoms in total. The van der Waals surface area contributed by atoms with Crippen LogP contribution in [0.2, 0.25) is 0 Å². The largest absolute Gasteiger partial charge is 0.481 e. The molecule has 14 N–H and O–H groups in total. The molecule has 0 aromatic heterocycles. The van der Waals surface area contributed by atoms with E-state index in [-0.39, 0.29) is 45.5 Å². The van der Waals surface area contributed by atoms with E-state index in [0.29, 0.717) is 32.8 Å². The smallest absolute Gasteiger partial charge is 0.326 e. The summed E-state index contributed by atoms with van der Waals surface area (Å²) in [6.07, 6.45) is 22.6. The van der Waals surface area contributed by atoms with E-state index in [9.17, 15) is 78.0 Å². The fourth-order valence-electron chi connectivity index (χ4n) is 9.35. The third-order valence-corrected chi connectivity index (χ3v) is 14.5. The molecule has 0 aliphatic rings. The van der Waals surface area contributed by atoms with Crippen LogP contribution in [0.1, 0.15) is 226 Å². The van der Waals surface area contributed by atoms with Gasteiger partial charge in [0.2, 0.25) is 47.3 Å². The molecule has 0 spiro atoms. The number of hydrogen-bond donors (Lipinski definition) is 13. The molecule has 5 atom stereocenters. The number of rotatable bonds is 62. The van der Waals surface area contributed by atoms with E-state index in [1.807, 2.05) is 0 Å². The summed E-state index contributed by atoms with van der Waals surface area (Å²) in [5, 5.41) is 57.9. The van der Waals surface area contributed by atoms with E-state index in [1.165, 1.54) is 96.3 Å². The Balaban J connectivity index is 5.39. The Hall–Kier alpha value is -6.52. The molecule has 0 bridgehead atoms. The van der Waals surface area contributed by atoms with Gasteiger partial charge in [-0.1, -0.05) is 155 Å². The average Bonchev–Trinajstić information content (AvgIpc) is 2.96. The van der Waals surface area contributed by atoms with Crippen molar-refractivity contribution in [3.05, 3.63) is 0 Å². The van der Waals surface area contributed by atoms with Gasteiger partial charge in [0.15, 0.2) is 0 Å². The van der Waals surface area contributed by atoms with Crippen molar-refractivity contribution in [3.8, 4) is 0 Å². The quantitative estimate of drug-likeness (QED) is 0.0382. The summed E-state index contributed by atoms with van der Waals surface area (Å²) < 4.78 is 15.9. The second-order valence-corrected chi connectivity index (χ2v) is 22.6. The van der Waals surface area contributed by atoms with Crippen molar-refractivity contribution in [2.75, 3.05) is 65.8 Å². The van der Waals surface area contributed by atoms with Gasteiger partial charge in [0.1, 0.15) is 36.8 Å². The number of amides is 8. The fourth-order valence-corrected chi connectivity index (χ4v) is 9.35. The molecule has 0 aliphatic carbocycles. The molecule has 518 valence electrons. The van der Waals surface area contributed by atoms with Crippen LogP contribution >= 0.6 is 0 Å². The predicted octanol–water partition coefficient (Wildman–Crippen LogP) is 4.02. The highest BCUT2D eigenvalue weighted by Gasteiger charge is 2.33. The van der Waals surface area contributed by atoms with Crippen molar-refractivity contribution < 1.29 is 92.2 Å². The molecule has 0 heterocycles. The normalized spacial score (nSPS) is 12.7. The Morgan fingerprint density at radius 2 is 0.644 bits per heavy atom. The van der Waals surface area contributed by atoms with E-state index in [2.05, 4.69) is 56.4 Å². The lowest BCUT2D eigenvalue weighted by atomic mass is 10.1. The zero-order valence-corrected chi connectivity index (χ0v) is 53.8. The Labute approximate surface area is 531 Å². The molecule has 5 unspecified atom stereocenters. The first-order valence-electron chi connectivity index (χ1n) is 32.9. The minimum Gasteiger partial charge on any atom is -0.481 e. The van der Waals surface area contributed by atoms with Gasteiger partial charge in [0, 0.05) is 51.9 Å². The van der Waals surface area contributed by atoms with Crippen LogP contribution in [-0.4, -0.2) is 188 Å². The first-order chi connectivity index (χ1) is 43.2. The minimum absolute atomic E-state index is 0.0187. The monoisotopic (exact) mass is 1290 g/mol. The van der Waals surface area contributed by atoms with Crippen LogP contribution in [0.15, 0.2) is 0 Å². The summed E-state index contributed by atoms with van der Waals surface area (Å²) in [7, 11) is 0. The van der Waals surface area contributed by atoms with Crippen LogP contribution in [0.3, 0.4) is 0 Å². The van der Waals surface area contributed by atoms with Crippen LogP contribution in [0.25, 0.3) is 0 Å². The molecule has 90 heavy (non-hydrogen) atoms. The maximum atomic E-state index is 13.7. The van der Waals surface area contributed by atoms with Crippen LogP contribution in [0.4, 0.5) is 0 Å². The minimum atomic E-state index is -1.92. The topological polar surface area (TPSA) is 436 Å². The van der Waals surface area contributed by atoms with Gasteiger partial charge in [-0.25, -0.2) is 9.59 Å². The molecule has 0 saturated carbocycles. The molecule has 28 heteroatoms. The van der Waals surface area contributed by atoms with Gasteiger partial charge in [-0.15, -0.1) is 0 Å². The van der Waals surface area contributed by atoms with Gasteiger partial charge < -0.3 is 82.9 Å². The zero-order chi connectivity index (χ0) is 67.0. The highest BCUT2D eigenvalue weighted by atomic mass is 16.5. The van der Waals surface area contributed by atoms with Gasteiger partial charge in [0.05, 0.1) is 45.9 Å². The Morgan fingerprint density at radius 3 is 1.02 bits per heavy atom. The van der Waals surface area contributed by atoms with Gasteiger partial charge in [-0.2, -0.15) is 0 Å². The van der Waals surface area contributed by atoms with Gasteiger partial charge in [-0.3, -0.25) is 47.9 Å². The van der Waals surface area contributed by atoms with E-state index >= 15 is 0 Å². The second-order valence-electron chi connectivity index (χ2n) is 22.6. The van der Waals surface area contributed by atoms with Gasteiger partial charge in [0.25, 0.3) is 0 Å². The highest BCUT2D eigenvalue weighted by molar-refractivity contribution is 5.96. The van der Waals surface area contributed by atoms with Gasteiger partial charge >= 0.3 is 23.9 Å². The number of carbonyl (C=O) groups is 12. The molecule has 0 aliphatic heterocycles. The summed E-state index contributed by atoms with van der Waals surface area (Å²) in [6.45, 7) is 5.52. The average molecular weight is 1290 g/mol. The summed E-state index contributed by atoms with van der Waals surface area (Å²) in [5.41, 5.74) is 5.38. The number of carboxylic acids is 4. The van der Waals surface area contributed by atoms with Crippen molar-refractivity contribution in [1.82, 2.24) is 42.5 Å². The maximum Gasteiger partial charge on any atom is 0.326 e. The molecule has 0 radical (unpaired) electrons. The van der Waals surface area contributed by atoms with Gasteiger partial charge in [-0.05, 0) is 32.1 Å². The van der Waals surface area contributed by atoms with Crippen molar-refractivity contribution in [1.29, 1.82) is 0 Å². The molecule has 0 saturated heterocycles. The lowest BCUT2D eigenvalue weighted by Crippen LogP contribution is -2.56. The summed E-state index contributed by atoms with van der Waals surface area (Å²) >= 11 is 0. The van der Waals surface area contributed by atoms with Crippen molar-refractivity contribution >= 4 is 71.1 Å². The van der Waals surface area contributed by atoms with E-state index in [1.54, 1.807) is 0 Å². The molecule has 0 aromatic rings. The summed E-state index contributed by atoms with van der Waals surface area (Å²) in [6, 6.07) is -8.61. The van der Waals surface area contributed by atoms with Crippen LogP contribution < -0.4 is 48.3 Å². The third kappa shape index (κ3) is 49.3. The molecule has 0 rings (SSSR count). The van der Waals surface area contributed by atoms with Crippen molar-refractivity contribution in [2.24, 2.45) is 5.73 Å². The second kappa shape index (κ2) is 56.5. The summed E-state index contributed by atoms with van der Waals surface area (Å²) in [4.78, 5) is 152. The fraction of sp³-hybridized carbons (Fsp3) is 0.806. The Bertz CT molecular complexity index is 2070. The van der Waals surface area contributed by atoms with E-state index in [0.717, 1.165) is 57.8 Å².